The van der Waals surface area contributed by atoms with Crippen LogP contribution in [0.25, 0.3) is 11.5 Å². The van der Waals surface area contributed by atoms with E-state index < -0.39 is 10.0 Å². The number of aromatic nitrogens is 2. The maximum Gasteiger partial charge on any atom is 0.261 e. The number of nitrogens with zero attached hydrogens (tertiary/aromatic N) is 2. The van der Waals surface area contributed by atoms with Crippen molar-refractivity contribution in [3.05, 3.63) is 51.7 Å². The molecule has 2 aromatic heterocycles. The Morgan fingerprint density at radius 1 is 1.22 bits per heavy atom. The molecule has 0 fully saturated rings. The van der Waals surface area contributed by atoms with Crippen LogP contribution in [0.15, 0.2) is 28.8 Å². The summed E-state index contributed by atoms with van der Waals surface area (Å²) in [6.07, 6.45) is 0.683. The molecule has 1 aliphatic heterocycles. The number of aryl methyl sites for hydroxylation is 2. The minimum atomic E-state index is -3.59. The highest BCUT2D eigenvalue weighted by molar-refractivity contribution is 7.92. The van der Waals surface area contributed by atoms with Crippen LogP contribution in [0.4, 0.5) is 5.00 Å². The number of ether oxygens (including phenoxy) is 1. The zero-order valence-electron chi connectivity index (χ0n) is 15.0. The van der Waals surface area contributed by atoms with Crippen molar-refractivity contribution >= 4 is 26.4 Å². The second kappa shape index (κ2) is 7.06. The lowest BCUT2D eigenvalue weighted by Crippen LogP contribution is -2.15. The highest BCUT2D eigenvalue weighted by Gasteiger charge is 2.28. The molecule has 7 nitrogen and oxygen atoms in total. The maximum absolute atomic E-state index is 12.8. The summed E-state index contributed by atoms with van der Waals surface area (Å²) in [6, 6.07) is 7.45. The molecule has 142 valence electrons. The van der Waals surface area contributed by atoms with Crippen molar-refractivity contribution in [2.75, 3.05) is 11.3 Å². The second-order valence-electron chi connectivity index (χ2n) is 6.50. The minimum Gasteiger partial charge on any atom is -0.376 e. The molecule has 3 aromatic rings. The molecule has 1 N–H and O–H groups in total. The summed E-state index contributed by atoms with van der Waals surface area (Å²) in [5, 5.41) is 4.35. The van der Waals surface area contributed by atoms with Crippen LogP contribution in [0.3, 0.4) is 0 Å². The first-order valence-corrected chi connectivity index (χ1v) is 11.0. The number of fused-ring (bicyclic) bond motifs is 1. The van der Waals surface area contributed by atoms with Gasteiger partial charge in [0, 0.05) is 4.88 Å². The lowest BCUT2D eigenvalue weighted by Gasteiger charge is -2.12. The van der Waals surface area contributed by atoms with E-state index in [4.69, 9.17) is 9.26 Å². The van der Waals surface area contributed by atoms with Crippen LogP contribution >= 0.6 is 11.3 Å². The largest absolute Gasteiger partial charge is 0.376 e. The third-order valence-corrected chi connectivity index (χ3v) is 6.77. The molecular weight excluding hydrogens is 386 g/mol. The molecule has 0 atom stereocenters. The Morgan fingerprint density at radius 2 is 2.00 bits per heavy atom. The first-order chi connectivity index (χ1) is 12.9. The monoisotopic (exact) mass is 405 g/mol. The van der Waals surface area contributed by atoms with Gasteiger partial charge in [-0.1, -0.05) is 35.0 Å². The van der Waals surface area contributed by atoms with Crippen molar-refractivity contribution < 1.29 is 17.7 Å². The van der Waals surface area contributed by atoms with E-state index in [1.54, 1.807) is 6.92 Å². The first-order valence-electron chi connectivity index (χ1n) is 8.50. The fraction of sp³-hybridized carbons (Fsp3) is 0.333. The summed E-state index contributed by atoms with van der Waals surface area (Å²) in [5.41, 5.74) is 3.51. The first kappa shape index (κ1) is 18.1. The molecule has 1 aromatic carbocycles. The van der Waals surface area contributed by atoms with Gasteiger partial charge >= 0.3 is 0 Å². The Hall–Kier alpha value is -2.23. The molecule has 4 rings (SSSR count). The number of thiophene rings is 1. The van der Waals surface area contributed by atoms with E-state index in [0.29, 0.717) is 41.9 Å². The number of benzene rings is 1. The van der Waals surface area contributed by atoms with Crippen LogP contribution in [0.2, 0.25) is 0 Å². The summed E-state index contributed by atoms with van der Waals surface area (Å²) in [4.78, 5) is 5.29. The molecule has 0 aliphatic carbocycles. The van der Waals surface area contributed by atoms with E-state index in [9.17, 15) is 8.42 Å². The number of hydrogen-bond acceptors (Lipinski definition) is 7. The van der Waals surface area contributed by atoms with E-state index >= 15 is 0 Å². The average molecular weight is 406 g/mol. The van der Waals surface area contributed by atoms with Crippen molar-refractivity contribution in [3.8, 4) is 11.5 Å². The van der Waals surface area contributed by atoms with Gasteiger partial charge in [-0.15, -0.1) is 11.3 Å². The predicted molar refractivity (Wildman–Crippen MR) is 103 cm³/mol. The van der Waals surface area contributed by atoms with Crippen molar-refractivity contribution in [3.63, 3.8) is 0 Å². The van der Waals surface area contributed by atoms with E-state index in [1.165, 1.54) is 11.3 Å². The van der Waals surface area contributed by atoms with Crippen LogP contribution in [0, 0.1) is 13.8 Å². The van der Waals surface area contributed by atoms with Gasteiger partial charge in [0.1, 0.15) is 5.00 Å². The van der Waals surface area contributed by atoms with Gasteiger partial charge in [-0.3, -0.25) is 4.72 Å². The summed E-state index contributed by atoms with van der Waals surface area (Å²) in [7, 11) is -3.59. The number of nitrogens with one attached hydrogen (secondary N) is 1. The van der Waals surface area contributed by atoms with Crippen molar-refractivity contribution in [1.29, 1.82) is 0 Å². The Bertz CT molecular complexity index is 1070. The molecule has 3 heterocycles. The molecule has 27 heavy (non-hydrogen) atoms. The summed E-state index contributed by atoms with van der Waals surface area (Å²) in [6.45, 7) is 4.74. The number of sulfonamides is 1. The third-order valence-electron chi connectivity index (χ3n) is 4.29. The maximum atomic E-state index is 12.8. The molecule has 0 saturated heterocycles. The van der Waals surface area contributed by atoms with Gasteiger partial charge in [-0.05, 0) is 31.4 Å². The summed E-state index contributed by atoms with van der Waals surface area (Å²) >= 11 is 1.36. The summed E-state index contributed by atoms with van der Waals surface area (Å²) in [5.74, 6) is 0.736. The molecule has 0 saturated carbocycles. The molecule has 9 heteroatoms. The fourth-order valence-electron chi connectivity index (χ4n) is 3.01. The van der Waals surface area contributed by atoms with Crippen LogP contribution in [-0.4, -0.2) is 25.2 Å². The Morgan fingerprint density at radius 3 is 2.70 bits per heavy atom. The fourth-order valence-corrected chi connectivity index (χ4v) is 5.67. The number of anilines is 1. The van der Waals surface area contributed by atoms with Crippen LogP contribution in [0.1, 0.15) is 27.4 Å². The van der Waals surface area contributed by atoms with Crippen LogP contribution in [0.5, 0.6) is 0 Å². The van der Waals surface area contributed by atoms with Crippen molar-refractivity contribution in [2.24, 2.45) is 0 Å². The average Bonchev–Trinajstić information content (AvgIpc) is 3.19. The van der Waals surface area contributed by atoms with E-state index in [0.717, 1.165) is 21.6 Å². The zero-order chi connectivity index (χ0) is 19.0. The van der Waals surface area contributed by atoms with Gasteiger partial charge in [-0.25, -0.2) is 8.42 Å². The van der Waals surface area contributed by atoms with Gasteiger partial charge in [0.2, 0.25) is 10.0 Å². The lowest BCUT2D eigenvalue weighted by molar-refractivity contribution is 0.113. The molecule has 0 radical (unpaired) electrons. The molecule has 0 unspecified atom stereocenters. The van der Waals surface area contributed by atoms with Gasteiger partial charge in [0.15, 0.2) is 5.82 Å². The highest BCUT2D eigenvalue weighted by atomic mass is 32.2. The van der Waals surface area contributed by atoms with Gasteiger partial charge in [0.05, 0.1) is 24.5 Å². The second-order valence-corrected chi connectivity index (χ2v) is 9.33. The number of rotatable bonds is 5. The van der Waals surface area contributed by atoms with Crippen LogP contribution in [-0.2, 0) is 33.5 Å². The van der Waals surface area contributed by atoms with Gasteiger partial charge in [0.25, 0.3) is 5.89 Å². The minimum absolute atomic E-state index is 0.103. The number of hydrogen-bond donors (Lipinski definition) is 1. The van der Waals surface area contributed by atoms with Gasteiger partial charge in [-0.2, -0.15) is 4.98 Å². The van der Waals surface area contributed by atoms with Crippen molar-refractivity contribution in [2.45, 2.75) is 32.6 Å². The topological polar surface area (TPSA) is 94.3 Å². The molecular formula is C18H19N3O4S2. The standard InChI is InChI=1S/C18H19N3O4S2/c1-11-3-5-13(6-4-11)10-27(22,23)21-18-16(17-19-12(2)20-25-17)14-7-8-24-9-15(14)26-18/h3-6,21H,7-10H2,1-2H3. The molecule has 0 spiro atoms. The van der Waals surface area contributed by atoms with E-state index in [2.05, 4.69) is 14.9 Å². The van der Waals surface area contributed by atoms with Gasteiger partial charge < -0.3 is 9.26 Å². The third kappa shape index (κ3) is 3.90. The van der Waals surface area contributed by atoms with E-state index in [1.807, 2.05) is 31.2 Å². The smallest absolute Gasteiger partial charge is 0.261 e. The Kier molecular flexibility index (Phi) is 4.75. The SMILES string of the molecule is Cc1ccc(CS(=O)(=O)Nc2sc3c(c2-c2nc(C)no2)CCOC3)cc1. The summed E-state index contributed by atoms with van der Waals surface area (Å²) < 4.78 is 39.1. The Labute approximate surface area is 161 Å². The Balaban J connectivity index is 1.68. The zero-order valence-corrected chi connectivity index (χ0v) is 16.6. The predicted octanol–water partition coefficient (Wildman–Crippen LogP) is 3.43. The quantitative estimate of drug-likeness (QED) is 0.699. The highest BCUT2D eigenvalue weighted by Crippen LogP contribution is 2.43. The van der Waals surface area contributed by atoms with E-state index in [-0.39, 0.29) is 5.75 Å². The van der Waals surface area contributed by atoms with Crippen LogP contribution < -0.4 is 4.72 Å². The van der Waals surface area contributed by atoms with Crippen molar-refractivity contribution in [1.82, 2.24) is 10.1 Å². The molecule has 0 amide bonds. The molecule has 1 aliphatic rings. The molecule has 0 bridgehead atoms. The lowest BCUT2D eigenvalue weighted by atomic mass is 10.1. The normalized spacial score (nSPS) is 14.1.